The van der Waals surface area contributed by atoms with Gasteiger partial charge in [-0.15, -0.1) is 0 Å². The molecule has 7 nitrogen and oxygen atoms in total. The molecule has 126 valence electrons. The minimum Gasteiger partial charge on any atom is -0.507 e. The van der Waals surface area contributed by atoms with Crippen molar-refractivity contribution in [2.24, 2.45) is 0 Å². The van der Waals surface area contributed by atoms with Gasteiger partial charge in [0.25, 0.3) is 0 Å². The Morgan fingerprint density at radius 2 is 1.72 bits per heavy atom. The SMILES string of the molecule is CCOC(=O)c1cc(C(=O)O)cc2c1C(=O)c1cccc(O)c1C2=O. The number of phenolic OH excluding ortho intramolecular Hbond substituents is 1. The number of rotatable bonds is 3. The van der Waals surface area contributed by atoms with Crippen molar-refractivity contribution in [2.75, 3.05) is 6.61 Å². The molecule has 2 N–H and O–H groups in total. The lowest BCUT2D eigenvalue weighted by Crippen LogP contribution is -2.25. The van der Waals surface area contributed by atoms with E-state index in [0.717, 1.165) is 12.1 Å². The second-order valence-electron chi connectivity index (χ2n) is 5.33. The molecule has 2 aromatic carbocycles. The van der Waals surface area contributed by atoms with Crippen LogP contribution in [0.3, 0.4) is 0 Å². The van der Waals surface area contributed by atoms with Gasteiger partial charge in [0.1, 0.15) is 5.75 Å². The maximum absolute atomic E-state index is 12.8. The van der Waals surface area contributed by atoms with Crippen LogP contribution < -0.4 is 0 Å². The first-order valence-electron chi connectivity index (χ1n) is 7.36. The Bertz CT molecular complexity index is 956. The third-order valence-corrected chi connectivity index (χ3v) is 3.87. The zero-order valence-electron chi connectivity index (χ0n) is 13.0. The van der Waals surface area contributed by atoms with Gasteiger partial charge in [-0.25, -0.2) is 9.59 Å². The van der Waals surface area contributed by atoms with Gasteiger partial charge in [-0.1, -0.05) is 12.1 Å². The molecule has 0 unspecified atom stereocenters. The van der Waals surface area contributed by atoms with Crippen molar-refractivity contribution < 1.29 is 34.1 Å². The standard InChI is InChI=1S/C18H12O7/c1-2-25-18(24)11-7-8(17(22)23)6-10-13(11)15(20)9-4-3-5-12(19)14(9)16(10)21/h3-7,19H,2H2,1H3,(H,22,23). The third-order valence-electron chi connectivity index (χ3n) is 3.87. The lowest BCUT2D eigenvalue weighted by molar-refractivity contribution is 0.0523. The lowest BCUT2D eigenvalue weighted by atomic mass is 9.80. The van der Waals surface area contributed by atoms with Gasteiger partial charge < -0.3 is 14.9 Å². The number of carboxylic acid groups (broad SMARTS) is 1. The summed E-state index contributed by atoms with van der Waals surface area (Å²) in [6.45, 7) is 1.58. The van der Waals surface area contributed by atoms with Crippen molar-refractivity contribution in [1.29, 1.82) is 0 Å². The van der Waals surface area contributed by atoms with Gasteiger partial charge in [0.05, 0.1) is 23.3 Å². The molecule has 0 radical (unpaired) electrons. The number of carbonyl (C=O) groups is 4. The fourth-order valence-electron chi connectivity index (χ4n) is 2.80. The van der Waals surface area contributed by atoms with E-state index in [9.17, 15) is 29.4 Å². The summed E-state index contributed by atoms with van der Waals surface area (Å²) >= 11 is 0. The van der Waals surface area contributed by atoms with E-state index < -0.39 is 23.5 Å². The predicted octanol–water partition coefficient (Wildman–Crippen LogP) is 2.04. The molecule has 1 aliphatic rings. The lowest BCUT2D eigenvalue weighted by Gasteiger charge is -2.20. The number of hydrogen-bond donors (Lipinski definition) is 2. The molecule has 3 rings (SSSR count). The number of esters is 1. The largest absolute Gasteiger partial charge is 0.507 e. The van der Waals surface area contributed by atoms with Crippen molar-refractivity contribution in [3.8, 4) is 5.75 Å². The molecule has 0 bridgehead atoms. The number of benzene rings is 2. The van der Waals surface area contributed by atoms with Gasteiger partial charge >= 0.3 is 11.9 Å². The molecule has 0 fully saturated rings. The van der Waals surface area contributed by atoms with Crippen LogP contribution in [0.2, 0.25) is 0 Å². The first-order chi connectivity index (χ1) is 11.9. The van der Waals surface area contributed by atoms with Crippen LogP contribution in [0.5, 0.6) is 5.75 Å². The third kappa shape index (κ3) is 2.46. The minimum absolute atomic E-state index is 0.0183. The molecule has 0 atom stereocenters. The number of carboxylic acids is 1. The van der Waals surface area contributed by atoms with Gasteiger partial charge in [0, 0.05) is 16.7 Å². The Kier molecular flexibility index (Phi) is 3.84. The van der Waals surface area contributed by atoms with Gasteiger partial charge in [-0.2, -0.15) is 0 Å². The van der Waals surface area contributed by atoms with Crippen LogP contribution in [0.1, 0.15) is 59.5 Å². The van der Waals surface area contributed by atoms with E-state index in [0.29, 0.717) is 0 Å². The highest BCUT2D eigenvalue weighted by atomic mass is 16.5. The number of aromatic hydroxyl groups is 1. The smallest absolute Gasteiger partial charge is 0.338 e. The van der Waals surface area contributed by atoms with E-state index in [1.807, 2.05) is 0 Å². The summed E-state index contributed by atoms with van der Waals surface area (Å²) < 4.78 is 4.88. The molecular formula is C18H12O7. The number of phenols is 1. The summed E-state index contributed by atoms with van der Waals surface area (Å²) in [5, 5.41) is 19.2. The molecule has 0 amide bonds. The van der Waals surface area contributed by atoms with Crippen molar-refractivity contribution in [1.82, 2.24) is 0 Å². The molecule has 7 heteroatoms. The second-order valence-corrected chi connectivity index (χ2v) is 5.33. The number of ketones is 2. The van der Waals surface area contributed by atoms with Crippen LogP contribution in [0.15, 0.2) is 30.3 Å². The van der Waals surface area contributed by atoms with Crippen molar-refractivity contribution in [2.45, 2.75) is 6.92 Å². The molecule has 0 aliphatic heterocycles. The summed E-state index contributed by atoms with van der Waals surface area (Å²) in [5.74, 6) is -4.03. The van der Waals surface area contributed by atoms with E-state index in [-0.39, 0.29) is 45.7 Å². The highest BCUT2D eigenvalue weighted by Gasteiger charge is 2.36. The van der Waals surface area contributed by atoms with Crippen LogP contribution >= 0.6 is 0 Å². The molecule has 0 saturated carbocycles. The van der Waals surface area contributed by atoms with Crippen LogP contribution in [0, 0.1) is 0 Å². The Morgan fingerprint density at radius 1 is 1.04 bits per heavy atom. The molecule has 2 aromatic rings. The molecule has 0 aromatic heterocycles. The van der Waals surface area contributed by atoms with Crippen LogP contribution in [0.25, 0.3) is 0 Å². The van der Waals surface area contributed by atoms with Gasteiger partial charge in [0.15, 0.2) is 11.6 Å². The summed E-state index contributed by atoms with van der Waals surface area (Å²) in [6.07, 6.45) is 0. The minimum atomic E-state index is -1.36. The number of aromatic carboxylic acids is 1. The zero-order chi connectivity index (χ0) is 18.3. The molecule has 0 spiro atoms. The fourth-order valence-corrected chi connectivity index (χ4v) is 2.80. The second kappa shape index (κ2) is 5.86. The Morgan fingerprint density at radius 3 is 2.36 bits per heavy atom. The summed E-state index contributed by atoms with van der Waals surface area (Å²) in [4.78, 5) is 49.0. The molecule has 0 heterocycles. The molecule has 25 heavy (non-hydrogen) atoms. The fraction of sp³-hybridized carbons (Fsp3) is 0.111. The average Bonchev–Trinajstić information content (AvgIpc) is 2.58. The van der Waals surface area contributed by atoms with Crippen molar-refractivity contribution in [3.05, 3.63) is 63.7 Å². The number of ether oxygens (including phenoxy) is 1. The first-order valence-corrected chi connectivity index (χ1v) is 7.36. The van der Waals surface area contributed by atoms with Crippen LogP contribution in [-0.4, -0.2) is 40.3 Å². The monoisotopic (exact) mass is 340 g/mol. The van der Waals surface area contributed by atoms with Gasteiger partial charge in [0.2, 0.25) is 0 Å². The van der Waals surface area contributed by atoms with Gasteiger partial charge in [-0.3, -0.25) is 9.59 Å². The number of fused-ring (bicyclic) bond motifs is 2. The van der Waals surface area contributed by atoms with E-state index in [1.165, 1.54) is 18.2 Å². The number of hydrogen-bond acceptors (Lipinski definition) is 6. The maximum Gasteiger partial charge on any atom is 0.338 e. The quantitative estimate of drug-likeness (QED) is 0.700. The maximum atomic E-state index is 12.8. The summed E-state index contributed by atoms with van der Waals surface area (Å²) in [6, 6.07) is 6.05. The van der Waals surface area contributed by atoms with Crippen molar-refractivity contribution in [3.63, 3.8) is 0 Å². The average molecular weight is 340 g/mol. The van der Waals surface area contributed by atoms with Crippen LogP contribution in [0.4, 0.5) is 0 Å². The van der Waals surface area contributed by atoms with E-state index in [1.54, 1.807) is 6.92 Å². The molecule has 1 aliphatic carbocycles. The van der Waals surface area contributed by atoms with Gasteiger partial charge in [-0.05, 0) is 25.1 Å². The highest BCUT2D eigenvalue weighted by molar-refractivity contribution is 6.31. The zero-order valence-corrected chi connectivity index (χ0v) is 13.0. The van der Waals surface area contributed by atoms with E-state index in [2.05, 4.69) is 0 Å². The Hall–Kier alpha value is -3.48. The molecule has 0 saturated heterocycles. The first kappa shape index (κ1) is 16.4. The normalized spacial score (nSPS) is 12.4. The Balaban J connectivity index is 2.35. The summed E-state index contributed by atoms with van der Waals surface area (Å²) in [5.41, 5.74) is -1.34. The summed E-state index contributed by atoms with van der Waals surface area (Å²) in [7, 11) is 0. The number of carbonyl (C=O) groups excluding carboxylic acids is 3. The van der Waals surface area contributed by atoms with E-state index in [4.69, 9.17) is 4.74 Å². The predicted molar refractivity (Wildman–Crippen MR) is 84.3 cm³/mol. The van der Waals surface area contributed by atoms with E-state index >= 15 is 0 Å². The van der Waals surface area contributed by atoms with Crippen LogP contribution in [-0.2, 0) is 4.74 Å². The van der Waals surface area contributed by atoms with Crippen molar-refractivity contribution >= 4 is 23.5 Å². The Labute approximate surface area is 141 Å². The molecular weight excluding hydrogens is 328 g/mol. The topological polar surface area (TPSA) is 118 Å². The highest BCUT2D eigenvalue weighted by Crippen LogP contribution is 2.35.